The number of H-pyrrole nitrogens is 1. The van der Waals surface area contributed by atoms with Crippen LogP contribution in [0.3, 0.4) is 0 Å². The van der Waals surface area contributed by atoms with Crippen LogP contribution < -0.4 is 10.5 Å². The van der Waals surface area contributed by atoms with Crippen LogP contribution in [0.2, 0.25) is 5.02 Å². The molecule has 2 aromatic heterocycles. The molecule has 0 radical (unpaired) electrons. The number of rotatable bonds is 4. The molecule has 0 spiro atoms. The minimum atomic E-state index is -0.201. The summed E-state index contributed by atoms with van der Waals surface area (Å²) in [4.78, 5) is 34.5. The number of benzene rings is 3. The third-order valence-electron chi connectivity index (χ3n) is 6.71. The summed E-state index contributed by atoms with van der Waals surface area (Å²) in [6, 6.07) is 20.9. The predicted molar refractivity (Wildman–Crippen MR) is 149 cm³/mol. The third kappa shape index (κ3) is 4.82. The van der Waals surface area contributed by atoms with Gasteiger partial charge in [0.2, 0.25) is 0 Å². The first kappa shape index (κ1) is 23.6. The summed E-state index contributed by atoms with van der Waals surface area (Å²) in [6.45, 7) is 2.91. The molecule has 0 aliphatic carbocycles. The summed E-state index contributed by atoms with van der Waals surface area (Å²) in [7, 11) is 0. The number of aromatic amines is 1. The molecule has 1 fully saturated rings. The Balaban J connectivity index is 1.18. The first-order chi connectivity index (χ1) is 18.0. The zero-order valence-corrected chi connectivity index (χ0v) is 21.6. The Bertz CT molecular complexity index is 1680. The van der Waals surface area contributed by atoms with Crippen LogP contribution in [0.5, 0.6) is 0 Å². The maximum absolute atomic E-state index is 13.5. The summed E-state index contributed by atoms with van der Waals surface area (Å²) in [5.41, 5.74) is 3.16. The van der Waals surface area contributed by atoms with Gasteiger partial charge >= 0.3 is 0 Å². The van der Waals surface area contributed by atoms with E-state index in [4.69, 9.17) is 16.6 Å². The van der Waals surface area contributed by atoms with Crippen molar-refractivity contribution >= 4 is 55.0 Å². The number of hydrogen-bond acceptors (Lipinski definition) is 6. The van der Waals surface area contributed by atoms with Gasteiger partial charge < -0.3 is 9.80 Å². The zero-order valence-electron chi connectivity index (χ0n) is 20.0. The van der Waals surface area contributed by atoms with Gasteiger partial charge in [0.25, 0.3) is 11.5 Å². The highest BCUT2D eigenvalue weighted by Gasteiger charge is 2.22. The van der Waals surface area contributed by atoms with Crippen LogP contribution in [0.1, 0.15) is 28.0 Å². The highest BCUT2D eigenvalue weighted by atomic mass is 35.5. The quantitative estimate of drug-likeness (QED) is 0.349. The zero-order chi connectivity index (χ0) is 25.4. The van der Waals surface area contributed by atoms with Crippen LogP contribution >= 0.6 is 22.9 Å². The second-order valence-corrected chi connectivity index (χ2v) is 10.6. The number of thiazole rings is 1. The van der Waals surface area contributed by atoms with Crippen LogP contribution in [-0.2, 0) is 6.42 Å². The maximum Gasteiger partial charge on any atom is 0.272 e. The van der Waals surface area contributed by atoms with E-state index in [1.807, 2.05) is 65.6 Å². The van der Waals surface area contributed by atoms with E-state index in [-0.39, 0.29) is 11.5 Å². The number of halogens is 1. The van der Waals surface area contributed by atoms with E-state index in [1.165, 1.54) is 0 Å². The van der Waals surface area contributed by atoms with Gasteiger partial charge in [-0.1, -0.05) is 53.3 Å². The molecule has 0 atom stereocenters. The molecule has 1 saturated heterocycles. The predicted octanol–water partition coefficient (Wildman–Crippen LogP) is 5.13. The number of fused-ring (bicyclic) bond motifs is 2. The number of anilines is 1. The Morgan fingerprint density at radius 1 is 0.973 bits per heavy atom. The van der Waals surface area contributed by atoms with Crippen molar-refractivity contribution in [3.63, 3.8) is 0 Å². The Hall–Kier alpha value is -3.75. The molecule has 9 heteroatoms. The number of carbonyl (C=O) groups excluding carboxylic acids is 1. The van der Waals surface area contributed by atoms with Crippen molar-refractivity contribution in [2.75, 3.05) is 31.1 Å². The summed E-state index contributed by atoms with van der Waals surface area (Å²) in [5, 5.41) is 10.00. The van der Waals surface area contributed by atoms with E-state index in [2.05, 4.69) is 15.1 Å². The molecule has 5 aromatic rings. The monoisotopic (exact) mass is 529 g/mol. The van der Waals surface area contributed by atoms with Crippen molar-refractivity contribution in [1.29, 1.82) is 0 Å². The van der Waals surface area contributed by atoms with E-state index in [0.29, 0.717) is 35.5 Å². The van der Waals surface area contributed by atoms with E-state index in [9.17, 15) is 9.59 Å². The van der Waals surface area contributed by atoms with E-state index >= 15 is 0 Å². The van der Waals surface area contributed by atoms with Crippen LogP contribution in [0.4, 0.5) is 5.13 Å². The van der Waals surface area contributed by atoms with Gasteiger partial charge in [0, 0.05) is 48.6 Å². The van der Waals surface area contributed by atoms with Crippen LogP contribution in [0, 0.1) is 0 Å². The smallest absolute Gasteiger partial charge is 0.272 e. The second-order valence-electron chi connectivity index (χ2n) is 9.16. The van der Waals surface area contributed by atoms with Gasteiger partial charge in [-0.25, -0.2) is 10.1 Å². The maximum atomic E-state index is 13.5. The molecule has 6 rings (SSSR count). The number of amides is 1. The van der Waals surface area contributed by atoms with Crippen molar-refractivity contribution < 1.29 is 4.79 Å². The molecule has 37 heavy (non-hydrogen) atoms. The molecule has 7 nitrogen and oxygen atoms in total. The van der Waals surface area contributed by atoms with Crippen molar-refractivity contribution in [3.05, 3.63) is 98.9 Å². The molecule has 3 aromatic carbocycles. The van der Waals surface area contributed by atoms with Gasteiger partial charge in [-0.05, 0) is 48.4 Å². The minimum Gasteiger partial charge on any atom is -0.346 e. The Labute approximate surface area is 222 Å². The standard InChI is InChI=1S/C28H24ClN5O2S/c29-20-9-10-23-25(17-20)37-28(30-23)34-12-4-11-33(13-14-34)27(36)19-6-3-5-18(15-19)16-24-21-7-1-2-8-22(21)26(35)32-31-24/h1-3,5-10,15,17H,4,11-14,16H2,(H,32,35). The van der Waals surface area contributed by atoms with E-state index in [0.717, 1.165) is 51.5 Å². The first-order valence-corrected chi connectivity index (χ1v) is 13.4. The van der Waals surface area contributed by atoms with E-state index in [1.54, 1.807) is 17.4 Å². The highest BCUT2D eigenvalue weighted by molar-refractivity contribution is 7.22. The molecule has 3 heterocycles. The summed E-state index contributed by atoms with van der Waals surface area (Å²) >= 11 is 7.78. The highest BCUT2D eigenvalue weighted by Crippen LogP contribution is 2.31. The molecule has 1 aliphatic heterocycles. The van der Waals surface area contributed by atoms with Crippen molar-refractivity contribution in [2.24, 2.45) is 0 Å². The molecule has 186 valence electrons. The lowest BCUT2D eigenvalue weighted by atomic mass is 10.0. The molecule has 1 amide bonds. The number of carbonyl (C=O) groups is 1. The number of nitrogens with zero attached hydrogens (tertiary/aromatic N) is 4. The normalized spacial score (nSPS) is 14.3. The molecular weight excluding hydrogens is 506 g/mol. The average Bonchev–Trinajstić information content (AvgIpc) is 3.17. The summed E-state index contributed by atoms with van der Waals surface area (Å²) < 4.78 is 1.07. The molecule has 0 bridgehead atoms. The molecule has 0 unspecified atom stereocenters. The molecule has 1 N–H and O–H groups in total. The minimum absolute atomic E-state index is 0.0269. The largest absolute Gasteiger partial charge is 0.346 e. The van der Waals surface area contributed by atoms with Crippen LogP contribution in [0.15, 0.2) is 71.5 Å². The van der Waals surface area contributed by atoms with Gasteiger partial charge in [0.15, 0.2) is 5.13 Å². The Kier molecular flexibility index (Phi) is 6.36. The molecular formula is C28H24ClN5O2S. The number of hydrogen-bond donors (Lipinski definition) is 1. The fourth-order valence-electron chi connectivity index (χ4n) is 4.83. The van der Waals surface area contributed by atoms with Crippen molar-refractivity contribution in [1.82, 2.24) is 20.1 Å². The SMILES string of the molecule is O=C(c1cccc(Cc2n[nH]c(=O)c3ccccc23)c1)N1CCCN(c2nc3ccc(Cl)cc3s2)CC1. The Morgan fingerprint density at radius 3 is 2.73 bits per heavy atom. The summed E-state index contributed by atoms with van der Waals surface area (Å²) in [5.74, 6) is 0.0269. The Morgan fingerprint density at radius 2 is 1.84 bits per heavy atom. The molecule has 0 saturated carbocycles. The third-order valence-corrected chi connectivity index (χ3v) is 8.03. The van der Waals surface area contributed by atoms with Crippen LogP contribution in [-0.4, -0.2) is 52.2 Å². The van der Waals surface area contributed by atoms with Crippen LogP contribution in [0.25, 0.3) is 21.0 Å². The van der Waals surface area contributed by atoms with Gasteiger partial charge in [-0.2, -0.15) is 5.10 Å². The lowest BCUT2D eigenvalue weighted by Gasteiger charge is -2.22. The number of aromatic nitrogens is 3. The van der Waals surface area contributed by atoms with E-state index < -0.39 is 0 Å². The van der Waals surface area contributed by atoms with Gasteiger partial charge in [0.1, 0.15) is 0 Å². The topological polar surface area (TPSA) is 82.2 Å². The first-order valence-electron chi connectivity index (χ1n) is 12.2. The number of nitrogens with one attached hydrogen (secondary N) is 1. The summed E-state index contributed by atoms with van der Waals surface area (Å²) in [6.07, 6.45) is 1.39. The van der Waals surface area contributed by atoms with Crippen molar-refractivity contribution in [3.8, 4) is 0 Å². The fraction of sp³-hybridized carbons (Fsp3) is 0.214. The lowest BCUT2D eigenvalue weighted by molar-refractivity contribution is 0.0767. The second kappa shape index (κ2) is 9.95. The van der Waals surface area contributed by atoms with Gasteiger partial charge in [0.05, 0.1) is 21.3 Å². The van der Waals surface area contributed by atoms with Gasteiger partial charge in [-0.15, -0.1) is 0 Å². The lowest BCUT2D eigenvalue weighted by Crippen LogP contribution is -2.35. The average molecular weight is 530 g/mol. The van der Waals surface area contributed by atoms with Gasteiger partial charge in [-0.3, -0.25) is 9.59 Å². The van der Waals surface area contributed by atoms with Crippen molar-refractivity contribution in [2.45, 2.75) is 12.8 Å². The fourth-order valence-corrected chi connectivity index (χ4v) is 6.12. The molecule has 1 aliphatic rings.